The molecule has 0 unspecified atom stereocenters. The SMILES string of the molecule is COCCNCCNC(=O)Nc1cccc(F)c1. The zero-order valence-electron chi connectivity index (χ0n) is 10.3. The molecule has 0 aliphatic carbocycles. The van der Waals surface area contributed by atoms with Crippen LogP contribution < -0.4 is 16.0 Å². The summed E-state index contributed by atoms with van der Waals surface area (Å²) in [5, 5.41) is 8.28. The van der Waals surface area contributed by atoms with E-state index in [1.165, 1.54) is 18.2 Å². The van der Waals surface area contributed by atoms with E-state index in [0.717, 1.165) is 6.54 Å². The van der Waals surface area contributed by atoms with Gasteiger partial charge in [0.05, 0.1) is 6.61 Å². The van der Waals surface area contributed by atoms with Crippen molar-refractivity contribution in [2.75, 3.05) is 38.7 Å². The molecule has 100 valence electrons. The first-order valence-corrected chi connectivity index (χ1v) is 5.72. The first-order chi connectivity index (χ1) is 8.72. The lowest BCUT2D eigenvalue weighted by Gasteiger charge is -2.08. The maximum atomic E-state index is 12.8. The van der Waals surface area contributed by atoms with Gasteiger partial charge in [-0.05, 0) is 18.2 Å². The monoisotopic (exact) mass is 255 g/mol. The summed E-state index contributed by atoms with van der Waals surface area (Å²) in [7, 11) is 1.63. The van der Waals surface area contributed by atoms with Crippen LogP contribution in [-0.2, 0) is 4.74 Å². The number of anilines is 1. The Morgan fingerprint density at radius 1 is 1.33 bits per heavy atom. The van der Waals surface area contributed by atoms with Crippen molar-refractivity contribution in [1.29, 1.82) is 0 Å². The molecule has 1 aromatic carbocycles. The number of nitrogens with one attached hydrogen (secondary N) is 3. The van der Waals surface area contributed by atoms with E-state index in [9.17, 15) is 9.18 Å². The highest BCUT2D eigenvalue weighted by molar-refractivity contribution is 5.89. The Kier molecular flexibility index (Phi) is 6.75. The van der Waals surface area contributed by atoms with Crippen molar-refractivity contribution in [3.63, 3.8) is 0 Å². The summed E-state index contributed by atoms with van der Waals surface area (Å²) in [6, 6.07) is 5.39. The van der Waals surface area contributed by atoms with Gasteiger partial charge in [0.15, 0.2) is 0 Å². The molecule has 0 radical (unpaired) electrons. The van der Waals surface area contributed by atoms with Gasteiger partial charge in [0, 0.05) is 32.4 Å². The van der Waals surface area contributed by atoms with E-state index in [4.69, 9.17) is 4.74 Å². The first kappa shape index (κ1) is 14.4. The zero-order valence-corrected chi connectivity index (χ0v) is 10.3. The number of rotatable bonds is 7. The van der Waals surface area contributed by atoms with Gasteiger partial charge in [0.1, 0.15) is 5.82 Å². The van der Waals surface area contributed by atoms with Crippen LogP contribution in [0.2, 0.25) is 0 Å². The summed E-state index contributed by atoms with van der Waals surface area (Å²) in [5.74, 6) is -0.381. The Hall–Kier alpha value is -1.66. The van der Waals surface area contributed by atoms with E-state index < -0.39 is 0 Å². The minimum Gasteiger partial charge on any atom is -0.383 e. The summed E-state index contributed by atoms with van der Waals surface area (Å²) < 4.78 is 17.7. The molecule has 0 heterocycles. The Labute approximate surface area is 106 Å². The molecule has 0 bridgehead atoms. The summed E-state index contributed by atoms with van der Waals surface area (Å²) >= 11 is 0. The quantitative estimate of drug-likeness (QED) is 0.641. The summed E-state index contributed by atoms with van der Waals surface area (Å²) in [5.41, 5.74) is 0.430. The summed E-state index contributed by atoms with van der Waals surface area (Å²) in [6.07, 6.45) is 0. The molecular weight excluding hydrogens is 237 g/mol. The number of carbonyl (C=O) groups excluding carboxylic acids is 1. The standard InChI is InChI=1S/C12H18FN3O2/c1-18-8-7-14-5-6-15-12(17)16-11-4-2-3-10(13)9-11/h2-4,9,14H,5-8H2,1H3,(H2,15,16,17). The number of hydrogen-bond acceptors (Lipinski definition) is 3. The maximum absolute atomic E-state index is 12.8. The normalized spacial score (nSPS) is 10.1. The van der Waals surface area contributed by atoms with Crippen molar-refractivity contribution >= 4 is 11.7 Å². The van der Waals surface area contributed by atoms with Crippen molar-refractivity contribution in [1.82, 2.24) is 10.6 Å². The molecule has 0 spiro atoms. The van der Waals surface area contributed by atoms with Gasteiger partial charge >= 0.3 is 6.03 Å². The van der Waals surface area contributed by atoms with Crippen molar-refractivity contribution in [3.05, 3.63) is 30.1 Å². The van der Waals surface area contributed by atoms with E-state index in [-0.39, 0.29) is 11.8 Å². The lowest BCUT2D eigenvalue weighted by Crippen LogP contribution is -2.35. The van der Waals surface area contributed by atoms with Gasteiger partial charge in [-0.2, -0.15) is 0 Å². The number of halogens is 1. The Balaban J connectivity index is 2.14. The third-order valence-electron chi connectivity index (χ3n) is 2.15. The van der Waals surface area contributed by atoms with Crippen LogP contribution >= 0.6 is 0 Å². The van der Waals surface area contributed by atoms with Crippen molar-refractivity contribution in [2.45, 2.75) is 0 Å². The highest BCUT2D eigenvalue weighted by atomic mass is 19.1. The highest BCUT2D eigenvalue weighted by Gasteiger charge is 2.01. The average Bonchev–Trinajstić information content (AvgIpc) is 2.33. The zero-order chi connectivity index (χ0) is 13.2. The largest absolute Gasteiger partial charge is 0.383 e. The summed E-state index contributed by atoms with van der Waals surface area (Å²) in [4.78, 5) is 11.4. The van der Waals surface area contributed by atoms with Crippen molar-refractivity contribution in [3.8, 4) is 0 Å². The fraction of sp³-hybridized carbons (Fsp3) is 0.417. The highest BCUT2D eigenvalue weighted by Crippen LogP contribution is 2.08. The van der Waals surface area contributed by atoms with E-state index in [1.807, 2.05) is 0 Å². The van der Waals surface area contributed by atoms with E-state index in [1.54, 1.807) is 13.2 Å². The van der Waals surface area contributed by atoms with Crippen LogP contribution in [-0.4, -0.2) is 39.4 Å². The molecule has 0 saturated carbocycles. The first-order valence-electron chi connectivity index (χ1n) is 5.72. The second kappa shape index (κ2) is 8.43. The van der Waals surface area contributed by atoms with E-state index >= 15 is 0 Å². The van der Waals surface area contributed by atoms with E-state index in [2.05, 4.69) is 16.0 Å². The molecule has 0 aliphatic rings. The number of urea groups is 1. The van der Waals surface area contributed by atoms with Gasteiger partial charge < -0.3 is 20.7 Å². The lowest BCUT2D eigenvalue weighted by atomic mass is 10.3. The second-order valence-electron chi connectivity index (χ2n) is 3.63. The van der Waals surface area contributed by atoms with Crippen LogP contribution in [0.5, 0.6) is 0 Å². The van der Waals surface area contributed by atoms with Gasteiger partial charge in [-0.15, -0.1) is 0 Å². The van der Waals surface area contributed by atoms with Crippen LogP contribution in [0.4, 0.5) is 14.9 Å². The molecule has 6 heteroatoms. The third-order valence-corrected chi connectivity index (χ3v) is 2.15. The number of hydrogen-bond donors (Lipinski definition) is 3. The molecule has 5 nitrogen and oxygen atoms in total. The number of methoxy groups -OCH3 is 1. The number of benzene rings is 1. The predicted octanol–water partition coefficient (Wildman–Crippen LogP) is 1.18. The lowest BCUT2D eigenvalue weighted by molar-refractivity contribution is 0.199. The molecule has 0 fully saturated rings. The fourth-order valence-electron chi connectivity index (χ4n) is 1.31. The number of carbonyl (C=O) groups is 1. The Morgan fingerprint density at radius 3 is 2.89 bits per heavy atom. The van der Waals surface area contributed by atoms with Crippen LogP contribution in [0.25, 0.3) is 0 Å². The van der Waals surface area contributed by atoms with Crippen LogP contribution in [0.15, 0.2) is 24.3 Å². The predicted molar refractivity (Wildman–Crippen MR) is 68.2 cm³/mol. The van der Waals surface area contributed by atoms with Crippen LogP contribution in [0.1, 0.15) is 0 Å². The molecule has 0 atom stereocenters. The van der Waals surface area contributed by atoms with Crippen molar-refractivity contribution < 1.29 is 13.9 Å². The minimum absolute atomic E-state index is 0.353. The molecule has 0 aromatic heterocycles. The molecule has 18 heavy (non-hydrogen) atoms. The Bertz CT molecular complexity index is 374. The molecule has 2 amide bonds. The molecule has 3 N–H and O–H groups in total. The van der Waals surface area contributed by atoms with Crippen LogP contribution in [0.3, 0.4) is 0 Å². The van der Waals surface area contributed by atoms with Gasteiger partial charge in [-0.25, -0.2) is 9.18 Å². The second-order valence-corrected chi connectivity index (χ2v) is 3.63. The molecule has 1 aromatic rings. The fourth-order valence-corrected chi connectivity index (χ4v) is 1.31. The van der Waals surface area contributed by atoms with Crippen molar-refractivity contribution in [2.24, 2.45) is 0 Å². The maximum Gasteiger partial charge on any atom is 0.319 e. The van der Waals surface area contributed by atoms with Gasteiger partial charge in [0.2, 0.25) is 0 Å². The van der Waals surface area contributed by atoms with Gasteiger partial charge in [-0.1, -0.05) is 6.07 Å². The Morgan fingerprint density at radius 2 is 2.17 bits per heavy atom. The minimum atomic E-state index is -0.381. The molecule has 0 saturated heterocycles. The number of ether oxygens (including phenoxy) is 1. The molecule has 1 rings (SSSR count). The molecular formula is C12H18FN3O2. The molecule has 0 aliphatic heterocycles. The van der Waals surface area contributed by atoms with Crippen LogP contribution in [0, 0.1) is 5.82 Å². The number of amides is 2. The van der Waals surface area contributed by atoms with E-state index in [0.29, 0.717) is 25.4 Å². The smallest absolute Gasteiger partial charge is 0.319 e. The third kappa shape index (κ3) is 6.17. The van der Waals surface area contributed by atoms with Gasteiger partial charge in [-0.3, -0.25) is 0 Å². The summed E-state index contributed by atoms with van der Waals surface area (Å²) in [6.45, 7) is 2.52. The topological polar surface area (TPSA) is 62.4 Å². The van der Waals surface area contributed by atoms with Gasteiger partial charge in [0.25, 0.3) is 0 Å². The average molecular weight is 255 g/mol.